The van der Waals surface area contributed by atoms with Gasteiger partial charge in [-0.25, -0.2) is 4.98 Å². The van der Waals surface area contributed by atoms with Crippen molar-refractivity contribution in [2.75, 3.05) is 38.7 Å². The van der Waals surface area contributed by atoms with E-state index in [1.54, 1.807) is 7.11 Å². The van der Waals surface area contributed by atoms with Gasteiger partial charge >= 0.3 is 0 Å². The third kappa shape index (κ3) is 3.36. The van der Waals surface area contributed by atoms with Gasteiger partial charge in [-0.3, -0.25) is 4.79 Å². The Morgan fingerprint density at radius 2 is 2.18 bits per heavy atom. The molecule has 0 spiro atoms. The molecule has 1 N–H and O–H groups in total. The van der Waals surface area contributed by atoms with Crippen LogP contribution in [-0.4, -0.2) is 49.1 Å². The van der Waals surface area contributed by atoms with Crippen LogP contribution in [-0.2, 0) is 9.53 Å². The van der Waals surface area contributed by atoms with Gasteiger partial charge in [0.25, 0.3) is 0 Å². The number of aromatic nitrogens is 1. The molecule has 1 fully saturated rings. The maximum Gasteiger partial charge on any atom is 0.223 e. The van der Waals surface area contributed by atoms with Crippen LogP contribution in [0.1, 0.15) is 6.42 Å². The summed E-state index contributed by atoms with van der Waals surface area (Å²) < 4.78 is 5.04. The van der Waals surface area contributed by atoms with E-state index in [2.05, 4.69) is 22.4 Å². The highest BCUT2D eigenvalue weighted by Gasteiger charge is 2.28. The van der Waals surface area contributed by atoms with Gasteiger partial charge in [0, 0.05) is 44.5 Å². The molecule has 2 aromatic rings. The van der Waals surface area contributed by atoms with Crippen LogP contribution < -0.4 is 5.32 Å². The predicted molar refractivity (Wildman–Crippen MR) is 86.8 cm³/mol. The molecule has 1 aliphatic heterocycles. The number of fused-ring (bicyclic) bond motifs is 1. The Balaban J connectivity index is 1.56. The van der Waals surface area contributed by atoms with Crippen molar-refractivity contribution in [3.63, 3.8) is 0 Å². The SMILES string of the molecule is COCCN1CC(CNc2ccc3ccccc3n2)CC1=O. The van der Waals surface area contributed by atoms with E-state index in [0.717, 1.165) is 29.8 Å². The molecule has 1 unspecified atom stereocenters. The number of ether oxygens (including phenoxy) is 1. The number of benzene rings is 1. The summed E-state index contributed by atoms with van der Waals surface area (Å²) in [7, 11) is 1.66. The summed E-state index contributed by atoms with van der Waals surface area (Å²) >= 11 is 0. The zero-order chi connectivity index (χ0) is 15.4. The number of hydrogen-bond acceptors (Lipinski definition) is 4. The van der Waals surface area contributed by atoms with Crippen molar-refractivity contribution < 1.29 is 9.53 Å². The number of carbonyl (C=O) groups excluding carboxylic acids is 1. The normalized spacial score (nSPS) is 18.1. The highest BCUT2D eigenvalue weighted by Crippen LogP contribution is 2.19. The summed E-state index contributed by atoms with van der Waals surface area (Å²) in [4.78, 5) is 18.4. The van der Waals surface area contributed by atoms with Crippen LogP contribution in [0.3, 0.4) is 0 Å². The van der Waals surface area contributed by atoms with Crippen LogP contribution in [0.4, 0.5) is 5.82 Å². The summed E-state index contributed by atoms with van der Waals surface area (Å²) in [6.45, 7) is 2.83. The van der Waals surface area contributed by atoms with Gasteiger partial charge in [0.05, 0.1) is 12.1 Å². The van der Waals surface area contributed by atoms with E-state index >= 15 is 0 Å². The Morgan fingerprint density at radius 1 is 1.32 bits per heavy atom. The molecule has 2 heterocycles. The average molecular weight is 299 g/mol. The van der Waals surface area contributed by atoms with Gasteiger partial charge < -0.3 is 15.0 Å². The molecule has 5 nitrogen and oxygen atoms in total. The Labute approximate surface area is 130 Å². The standard InChI is InChI=1S/C17H21N3O2/c1-22-9-8-20-12-13(10-17(20)21)11-18-16-7-6-14-4-2-3-5-15(14)19-16/h2-7,13H,8-12H2,1H3,(H,18,19). The first-order chi connectivity index (χ1) is 10.8. The highest BCUT2D eigenvalue weighted by molar-refractivity contribution is 5.80. The fourth-order valence-corrected chi connectivity index (χ4v) is 2.82. The maximum atomic E-state index is 11.9. The van der Waals surface area contributed by atoms with Crippen LogP contribution >= 0.6 is 0 Å². The largest absolute Gasteiger partial charge is 0.383 e. The number of para-hydroxylation sites is 1. The van der Waals surface area contributed by atoms with E-state index in [1.807, 2.05) is 29.2 Å². The third-order valence-electron chi connectivity index (χ3n) is 4.03. The highest BCUT2D eigenvalue weighted by atomic mass is 16.5. The van der Waals surface area contributed by atoms with E-state index in [0.29, 0.717) is 25.5 Å². The number of rotatable bonds is 6. The summed E-state index contributed by atoms with van der Waals surface area (Å²) in [6.07, 6.45) is 0.601. The molecular formula is C17H21N3O2. The Bertz CT molecular complexity index is 659. The molecule has 1 aromatic carbocycles. The van der Waals surface area contributed by atoms with Gasteiger partial charge in [-0.2, -0.15) is 0 Å². The van der Waals surface area contributed by atoms with E-state index in [4.69, 9.17) is 4.74 Å². The summed E-state index contributed by atoms with van der Waals surface area (Å²) in [5.74, 6) is 1.41. The zero-order valence-electron chi connectivity index (χ0n) is 12.8. The lowest BCUT2D eigenvalue weighted by Gasteiger charge is -2.16. The van der Waals surface area contributed by atoms with Crippen LogP contribution in [0.2, 0.25) is 0 Å². The molecule has 0 bridgehead atoms. The van der Waals surface area contributed by atoms with Gasteiger partial charge in [0.2, 0.25) is 5.91 Å². The minimum Gasteiger partial charge on any atom is -0.383 e. The minimum absolute atomic E-state index is 0.218. The molecule has 1 aromatic heterocycles. The smallest absolute Gasteiger partial charge is 0.223 e. The van der Waals surface area contributed by atoms with Gasteiger partial charge in [0.15, 0.2) is 0 Å². The Kier molecular flexibility index (Phi) is 4.53. The third-order valence-corrected chi connectivity index (χ3v) is 4.03. The molecule has 22 heavy (non-hydrogen) atoms. The number of hydrogen-bond donors (Lipinski definition) is 1. The topological polar surface area (TPSA) is 54.5 Å². The van der Waals surface area contributed by atoms with Crippen molar-refractivity contribution >= 4 is 22.6 Å². The van der Waals surface area contributed by atoms with Crippen molar-refractivity contribution in [2.45, 2.75) is 6.42 Å². The van der Waals surface area contributed by atoms with Crippen molar-refractivity contribution in [1.29, 1.82) is 0 Å². The van der Waals surface area contributed by atoms with E-state index in [-0.39, 0.29) is 5.91 Å². The molecule has 0 aliphatic carbocycles. The van der Waals surface area contributed by atoms with Crippen LogP contribution in [0.25, 0.3) is 10.9 Å². The number of pyridine rings is 1. The lowest BCUT2D eigenvalue weighted by Crippen LogP contribution is -2.29. The second-order valence-electron chi connectivity index (χ2n) is 5.67. The van der Waals surface area contributed by atoms with Crippen LogP contribution in [0, 0.1) is 5.92 Å². The first-order valence-corrected chi connectivity index (χ1v) is 7.62. The fourth-order valence-electron chi connectivity index (χ4n) is 2.82. The second kappa shape index (κ2) is 6.75. The van der Waals surface area contributed by atoms with Crippen LogP contribution in [0.15, 0.2) is 36.4 Å². The molecule has 0 radical (unpaired) electrons. The molecule has 3 rings (SSSR count). The number of anilines is 1. The maximum absolute atomic E-state index is 11.9. The first-order valence-electron chi connectivity index (χ1n) is 7.62. The van der Waals surface area contributed by atoms with Gasteiger partial charge in [0.1, 0.15) is 5.82 Å². The van der Waals surface area contributed by atoms with Crippen molar-refractivity contribution in [3.8, 4) is 0 Å². The van der Waals surface area contributed by atoms with Gasteiger partial charge in [-0.05, 0) is 18.2 Å². The summed E-state index contributed by atoms with van der Waals surface area (Å²) in [5.41, 5.74) is 0.983. The number of amides is 1. The molecular weight excluding hydrogens is 278 g/mol. The number of likely N-dealkylation sites (tertiary alicyclic amines) is 1. The van der Waals surface area contributed by atoms with Crippen LogP contribution in [0.5, 0.6) is 0 Å². The summed E-state index contributed by atoms with van der Waals surface area (Å²) in [6, 6.07) is 12.1. The van der Waals surface area contributed by atoms with Crippen molar-refractivity contribution in [2.24, 2.45) is 5.92 Å². The lowest BCUT2D eigenvalue weighted by atomic mass is 10.1. The van der Waals surface area contributed by atoms with Gasteiger partial charge in [-0.15, -0.1) is 0 Å². The quantitative estimate of drug-likeness (QED) is 0.888. The number of nitrogens with zero attached hydrogens (tertiary/aromatic N) is 2. The van der Waals surface area contributed by atoms with E-state index in [1.165, 1.54) is 0 Å². The molecule has 116 valence electrons. The van der Waals surface area contributed by atoms with E-state index < -0.39 is 0 Å². The predicted octanol–water partition coefficient (Wildman–Crippen LogP) is 2.14. The number of nitrogens with one attached hydrogen (secondary N) is 1. The molecule has 1 amide bonds. The molecule has 5 heteroatoms. The van der Waals surface area contributed by atoms with E-state index in [9.17, 15) is 4.79 Å². The molecule has 0 saturated carbocycles. The summed E-state index contributed by atoms with van der Waals surface area (Å²) in [5, 5.41) is 4.49. The first kappa shape index (κ1) is 14.8. The molecule has 1 atom stereocenters. The second-order valence-corrected chi connectivity index (χ2v) is 5.67. The molecule has 1 aliphatic rings. The fraction of sp³-hybridized carbons (Fsp3) is 0.412. The zero-order valence-corrected chi connectivity index (χ0v) is 12.8. The van der Waals surface area contributed by atoms with Gasteiger partial charge in [-0.1, -0.05) is 18.2 Å². The van der Waals surface area contributed by atoms with Crippen molar-refractivity contribution in [3.05, 3.63) is 36.4 Å². The number of carbonyl (C=O) groups is 1. The lowest BCUT2D eigenvalue weighted by molar-refractivity contribution is -0.128. The Morgan fingerprint density at radius 3 is 3.05 bits per heavy atom. The number of methoxy groups -OCH3 is 1. The Hall–Kier alpha value is -2.14. The average Bonchev–Trinajstić information content (AvgIpc) is 2.91. The minimum atomic E-state index is 0.218. The monoisotopic (exact) mass is 299 g/mol. The molecule has 1 saturated heterocycles. The van der Waals surface area contributed by atoms with Crippen molar-refractivity contribution in [1.82, 2.24) is 9.88 Å².